The van der Waals surface area contributed by atoms with Crippen LogP contribution in [0.3, 0.4) is 0 Å². The molecule has 0 aliphatic carbocycles. The Hall–Kier alpha value is -2.87. The van der Waals surface area contributed by atoms with E-state index in [1.807, 2.05) is 26.0 Å². The van der Waals surface area contributed by atoms with Crippen LogP contribution in [-0.4, -0.2) is 22.7 Å². The van der Waals surface area contributed by atoms with Gasteiger partial charge in [-0.05, 0) is 50.3 Å². The fraction of sp³-hybridized carbons (Fsp3) is 0.316. The molecule has 2 N–H and O–H groups in total. The highest BCUT2D eigenvalue weighted by Gasteiger charge is 2.21. The third kappa shape index (κ3) is 4.65. The van der Waals surface area contributed by atoms with Crippen LogP contribution in [0.25, 0.3) is 0 Å². The number of fused-ring (bicyclic) bond motifs is 1. The van der Waals surface area contributed by atoms with Crippen LogP contribution in [0.1, 0.15) is 25.0 Å². The molecule has 1 aliphatic heterocycles. The van der Waals surface area contributed by atoms with Crippen molar-refractivity contribution < 1.29 is 14.4 Å². The maximum absolute atomic E-state index is 10.7. The number of thiocarbonyl (C=S) groups is 1. The lowest BCUT2D eigenvalue weighted by atomic mass is 10.1. The molecule has 8 heteroatoms. The van der Waals surface area contributed by atoms with Gasteiger partial charge >= 0.3 is 0 Å². The summed E-state index contributed by atoms with van der Waals surface area (Å²) >= 11 is 5.32. The Kier molecular flexibility index (Phi) is 5.75. The minimum Gasteiger partial charge on any atom is -0.494 e. The summed E-state index contributed by atoms with van der Waals surface area (Å²) in [6, 6.07) is 10.1. The van der Waals surface area contributed by atoms with E-state index in [0.717, 1.165) is 29.0 Å². The van der Waals surface area contributed by atoms with Crippen LogP contribution in [0, 0.1) is 10.1 Å². The monoisotopic (exact) mass is 387 g/mol. The second-order valence-electron chi connectivity index (χ2n) is 6.24. The summed E-state index contributed by atoms with van der Waals surface area (Å²) in [5, 5.41) is 17.3. The van der Waals surface area contributed by atoms with Gasteiger partial charge in [0, 0.05) is 41.9 Å². The van der Waals surface area contributed by atoms with E-state index in [1.54, 1.807) is 12.1 Å². The van der Waals surface area contributed by atoms with Crippen molar-refractivity contribution in [3.63, 3.8) is 0 Å². The smallest absolute Gasteiger partial charge is 0.269 e. The molecular weight excluding hydrogens is 366 g/mol. The quantitative estimate of drug-likeness (QED) is 0.443. The molecule has 0 bridgehead atoms. The molecule has 0 radical (unpaired) electrons. The van der Waals surface area contributed by atoms with Crippen LogP contribution >= 0.6 is 12.2 Å². The summed E-state index contributed by atoms with van der Waals surface area (Å²) in [7, 11) is 0. The average molecular weight is 387 g/mol. The highest BCUT2D eigenvalue weighted by atomic mass is 32.1. The standard InChI is InChI=1S/C19H21N3O4S/c1-3-25-17-9-13-8-12(2)26-18(13)10-14(17)11-20-19(27)21-15-4-6-16(7-5-15)22(23)24/h4-7,9-10,12H,3,8,11H2,1-2H3,(H2,20,21,27)/t12-/m0/s1. The molecule has 0 unspecified atom stereocenters. The Morgan fingerprint density at radius 1 is 1.37 bits per heavy atom. The van der Waals surface area contributed by atoms with Crippen molar-refractivity contribution in [2.75, 3.05) is 11.9 Å². The number of ether oxygens (including phenoxy) is 2. The van der Waals surface area contributed by atoms with Crippen LogP contribution in [0.2, 0.25) is 0 Å². The van der Waals surface area contributed by atoms with Gasteiger partial charge in [0.1, 0.15) is 17.6 Å². The molecule has 27 heavy (non-hydrogen) atoms. The Morgan fingerprint density at radius 2 is 2.11 bits per heavy atom. The molecule has 0 saturated carbocycles. The average Bonchev–Trinajstić information content (AvgIpc) is 2.99. The predicted molar refractivity (Wildman–Crippen MR) is 108 cm³/mol. The zero-order valence-corrected chi connectivity index (χ0v) is 16.0. The molecular formula is C19H21N3O4S. The van der Waals surface area contributed by atoms with Crippen LogP contribution in [0.15, 0.2) is 36.4 Å². The molecule has 3 rings (SSSR count). The SMILES string of the molecule is CCOc1cc2c(cc1CNC(=S)Nc1ccc([N+](=O)[O-])cc1)O[C@@H](C)C2. The zero-order chi connectivity index (χ0) is 19.4. The number of nitrogens with one attached hydrogen (secondary N) is 2. The molecule has 0 fully saturated rings. The van der Waals surface area contributed by atoms with Crippen molar-refractivity contribution in [3.05, 3.63) is 57.6 Å². The van der Waals surface area contributed by atoms with Crippen molar-refractivity contribution in [3.8, 4) is 11.5 Å². The van der Waals surface area contributed by atoms with E-state index in [2.05, 4.69) is 10.6 Å². The van der Waals surface area contributed by atoms with Crippen LogP contribution in [0.4, 0.5) is 11.4 Å². The summed E-state index contributed by atoms with van der Waals surface area (Å²) < 4.78 is 11.6. The number of hydrogen-bond donors (Lipinski definition) is 2. The number of benzene rings is 2. The number of non-ortho nitro benzene ring substituents is 1. The van der Waals surface area contributed by atoms with E-state index in [4.69, 9.17) is 21.7 Å². The van der Waals surface area contributed by atoms with Crippen molar-refractivity contribution in [1.29, 1.82) is 0 Å². The van der Waals surface area contributed by atoms with Crippen LogP contribution < -0.4 is 20.1 Å². The van der Waals surface area contributed by atoms with E-state index < -0.39 is 4.92 Å². The molecule has 1 atom stereocenters. The molecule has 7 nitrogen and oxygen atoms in total. The summed E-state index contributed by atoms with van der Waals surface area (Å²) in [5.41, 5.74) is 2.82. The van der Waals surface area contributed by atoms with Crippen molar-refractivity contribution in [2.45, 2.75) is 32.9 Å². The van der Waals surface area contributed by atoms with Gasteiger partial charge in [-0.25, -0.2) is 0 Å². The van der Waals surface area contributed by atoms with E-state index in [9.17, 15) is 10.1 Å². The first-order chi connectivity index (χ1) is 13.0. The summed E-state index contributed by atoms with van der Waals surface area (Å²) in [6.07, 6.45) is 1.05. The summed E-state index contributed by atoms with van der Waals surface area (Å²) in [4.78, 5) is 10.3. The third-order valence-electron chi connectivity index (χ3n) is 4.15. The number of rotatable bonds is 6. The maximum atomic E-state index is 10.7. The number of hydrogen-bond acceptors (Lipinski definition) is 5. The fourth-order valence-corrected chi connectivity index (χ4v) is 3.12. The maximum Gasteiger partial charge on any atom is 0.269 e. The highest BCUT2D eigenvalue weighted by molar-refractivity contribution is 7.80. The lowest BCUT2D eigenvalue weighted by Gasteiger charge is -2.15. The molecule has 0 spiro atoms. The van der Waals surface area contributed by atoms with Gasteiger partial charge in [0.15, 0.2) is 5.11 Å². The Morgan fingerprint density at radius 3 is 2.78 bits per heavy atom. The lowest BCUT2D eigenvalue weighted by molar-refractivity contribution is -0.384. The molecule has 2 aromatic carbocycles. The zero-order valence-electron chi connectivity index (χ0n) is 15.2. The minimum absolute atomic E-state index is 0.0353. The number of nitro groups is 1. The molecule has 2 aromatic rings. The lowest BCUT2D eigenvalue weighted by Crippen LogP contribution is -2.28. The predicted octanol–water partition coefficient (Wildman–Crippen LogP) is 3.80. The molecule has 0 amide bonds. The largest absolute Gasteiger partial charge is 0.494 e. The molecule has 0 saturated heterocycles. The number of nitrogens with zero attached hydrogens (tertiary/aromatic N) is 1. The van der Waals surface area contributed by atoms with Crippen molar-refractivity contribution >= 4 is 28.7 Å². The second kappa shape index (κ2) is 8.22. The molecule has 0 aromatic heterocycles. The van der Waals surface area contributed by atoms with Gasteiger partial charge < -0.3 is 20.1 Å². The Balaban J connectivity index is 1.64. The second-order valence-corrected chi connectivity index (χ2v) is 6.65. The topological polar surface area (TPSA) is 85.7 Å². The van der Waals surface area contributed by atoms with Gasteiger partial charge in [-0.15, -0.1) is 0 Å². The first kappa shape index (κ1) is 18.9. The van der Waals surface area contributed by atoms with Gasteiger partial charge in [-0.1, -0.05) is 0 Å². The molecule has 1 heterocycles. The Labute approximate surface area is 162 Å². The van der Waals surface area contributed by atoms with E-state index in [1.165, 1.54) is 12.1 Å². The van der Waals surface area contributed by atoms with Crippen molar-refractivity contribution in [1.82, 2.24) is 5.32 Å². The molecule has 142 valence electrons. The highest BCUT2D eigenvalue weighted by Crippen LogP contribution is 2.35. The summed E-state index contributed by atoms with van der Waals surface area (Å²) in [6.45, 7) is 5.04. The summed E-state index contributed by atoms with van der Waals surface area (Å²) in [5.74, 6) is 1.71. The normalized spacial score (nSPS) is 14.8. The molecule has 1 aliphatic rings. The number of anilines is 1. The van der Waals surface area contributed by atoms with Crippen LogP contribution in [0.5, 0.6) is 11.5 Å². The first-order valence-electron chi connectivity index (χ1n) is 8.70. The third-order valence-corrected chi connectivity index (χ3v) is 4.40. The first-order valence-corrected chi connectivity index (χ1v) is 9.11. The van der Waals surface area contributed by atoms with Gasteiger partial charge in [0.2, 0.25) is 0 Å². The van der Waals surface area contributed by atoms with Crippen molar-refractivity contribution in [2.24, 2.45) is 0 Å². The van der Waals surface area contributed by atoms with Crippen LogP contribution in [-0.2, 0) is 13.0 Å². The van der Waals surface area contributed by atoms with Gasteiger partial charge in [0.25, 0.3) is 5.69 Å². The number of nitro benzene ring substituents is 1. The fourth-order valence-electron chi connectivity index (χ4n) is 2.93. The minimum atomic E-state index is -0.438. The van der Waals surface area contributed by atoms with E-state index in [0.29, 0.717) is 24.0 Å². The van der Waals surface area contributed by atoms with Gasteiger partial charge in [0.05, 0.1) is 11.5 Å². The van der Waals surface area contributed by atoms with Gasteiger partial charge in [-0.3, -0.25) is 10.1 Å². The van der Waals surface area contributed by atoms with E-state index >= 15 is 0 Å². The Bertz CT molecular complexity index is 855. The van der Waals surface area contributed by atoms with Gasteiger partial charge in [-0.2, -0.15) is 0 Å². The van der Waals surface area contributed by atoms with E-state index in [-0.39, 0.29) is 11.8 Å².